The number of likely N-dealkylation sites (tertiary alicyclic amines) is 1. The molecule has 2 fully saturated rings. The lowest BCUT2D eigenvalue weighted by Gasteiger charge is -2.50. The topological polar surface area (TPSA) is 79.2 Å². The maximum absolute atomic E-state index is 11.6. The molecule has 30 heavy (non-hydrogen) atoms. The van der Waals surface area contributed by atoms with Crippen molar-refractivity contribution in [3.05, 3.63) is 59.2 Å². The highest BCUT2D eigenvalue weighted by atomic mass is 16.5. The number of carboxylic acids is 1. The summed E-state index contributed by atoms with van der Waals surface area (Å²) in [5.74, 6) is -0.0570. The molecule has 2 saturated heterocycles. The zero-order valence-corrected chi connectivity index (χ0v) is 17.2. The molecule has 2 aromatic rings. The minimum absolute atomic E-state index is 0.0901. The monoisotopic (exact) mass is 409 g/mol. The van der Waals surface area contributed by atoms with Gasteiger partial charge < -0.3 is 19.7 Å². The summed E-state index contributed by atoms with van der Waals surface area (Å²) >= 11 is 0. The second-order valence-electron chi connectivity index (χ2n) is 9.13. The highest BCUT2D eigenvalue weighted by Crippen LogP contribution is 2.54. The molecule has 5 rings (SSSR count). The number of hydrogen-bond donors (Lipinski definition) is 2. The molecule has 0 saturated carbocycles. The molecular formula is C24H27NO5. The minimum Gasteiger partial charge on any atom is -0.504 e. The highest BCUT2D eigenvalue weighted by Gasteiger charge is 2.53. The molecule has 0 amide bonds. The van der Waals surface area contributed by atoms with Crippen LogP contribution in [-0.2, 0) is 11.3 Å². The molecule has 0 radical (unpaired) electrons. The van der Waals surface area contributed by atoms with Crippen molar-refractivity contribution in [2.75, 3.05) is 6.54 Å². The molecule has 158 valence electrons. The first-order valence-electron chi connectivity index (χ1n) is 10.6. The largest absolute Gasteiger partial charge is 0.504 e. The van der Waals surface area contributed by atoms with Crippen LogP contribution in [0.25, 0.3) is 0 Å². The summed E-state index contributed by atoms with van der Waals surface area (Å²) in [7, 11) is 0. The summed E-state index contributed by atoms with van der Waals surface area (Å²) in [4.78, 5) is 14.0. The van der Waals surface area contributed by atoms with Crippen LogP contribution in [0, 0.1) is 5.92 Å². The first kappa shape index (κ1) is 19.4. The summed E-state index contributed by atoms with van der Waals surface area (Å²) < 4.78 is 12.9. The number of ether oxygens (including phenoxy) is 2. The van der Waals surface area contributed by atoms with Crippen molar-refractivity contribution in [1.82, 2.24) is 4.90 Å². The first-order valence-corrected chi connectivity index (χ1v) is 10.6. The second kappa shape index (κ2) is 7.00. The fraction of sp³-hybridized carbons (Fsp3) is 0.458. The Balaban J connectivity index is 1.43. The molecule has 0 aliphatic carbocycles. The number of phenolic OH excluding ortho intramolecular Hbond substituents is 1. The Morgan fingerprint density at radius 1 is 1.20 bits per heavy atom. The Morgan fingerprint density at radius 2 is 2.00 bits per heavy atom. The molecule has 2 aromatic carbocycles. The molecule has 0 aromatic heterocycles. The molecule has 4 atom stereocenters. The van der Waals surface area contributed by atoms with E-state index in [0.717, 1.165) is 30.5 Å². The molecule has 0 unspecified atom stereocenters. The predicted molar refractivity (Wildman–Crippen MR) is 111 cm³/mol. The van der Waals surface area contributed by atoms with Crippen LogP contribution in [-0.4, -0.2) is 45.4 Å². The Bertz CT molecular complexity index is 987. The maximum Gasteiger partial charge on any atom is 0.336 e. The number of carboxylic acid groups (broad SMARTS) is 1. The molecule has 6 heteroatoms. The third-order valence-corrected chi connectivity index (χ3v) is 6.99. The fourth-order valence-corrected chi connectivity index (χ4v) is 5.45. The first-order chi connectivity index (χ1) is 14.3. The average molecular weight is 409 g/mol. The Morgan fingerprint density at radius 3 is 2.80 bits per heavy atom. The molecule has 3 aliphatic rings. The lowest BCUT2D eigenvalue weighted by molar-refractivity contribution is -0.163. The van der Waals surface area contributed by atoms with E-state index in [2.05, 4.69) is 18.7 Å². The van der Waals surface area contributed by atoms with Gasteiger partial charge in [-0.3, -0.25) is 4.90 Å². The van der Waals surface area contributed by atoms with Crippen LogP contribution in [0.15, 0.2) is 42.5 Å². The number of carbonyl (C=O) groups is 1. The number of hydrogen-bond acceptors (Lipinski definition) is 5. The summed E-state index contributed by atoms with van der Waals surface area (Å²) in [5, 5.41) is 19.8. The van der Waals surface area contributed by atoms with Gasteiger partial charge in [-0.15, -0.1) is 0 Å². The van der Waals surface area contributed by atoms with Gasteiger partial charge in [-0.25, -0.2) is 4.79 Å². The molecule has 2 N–H and O–H groups in total. The van der Waals surface area contributed by atoms with E-state index < -0.39 is 11.6 Å². The average Bonchev–Trinajstić information content (AvgIpc) is 3.10. The van der Waals surface area contributed by atoms with Gasteiger partial charge in [0, 0.05) is 30.6 Å². The normalized spacial score (nSPS) is 29.4. The van der Waals surface area contributed by atoms with E-state index in [-0.39, 0.29) is 29.9 Å². The van der Waals surface area contributed by atoms with Crippen molar-refractivity contribution in [3.8, 4) is 11.5 Å². The van der Waals surface area contributed by atoms with Gasteiger partial charge in [0.2, 0.25) is 0 Å². The number of rotatable bonds is 3. The van der Waals surface area contributed by atoms with Gasteiger partial charge in [0.05, 0.1) is 17.8 Å². The van der Waals surface area contributed by atoms with Gasteiger partial charge in [-0.05, 0) is 44.4 Å². The summed E-state index contributed by atoms with van der Waals surface area (Å²) in [5.41, 5.74) is 1.64. The maximum atomic E-state index is 11.6. The van der Waals surface area contributed by atoms with E-state index in [1.165, 1.54) is 0 Å². The number of phenols is 1. The van der Waals surface area contributed by atoms with Gasteiger partial charge in [0.15, 0.2) is 11.5 Å². The van der Waals surface area contributed by atoms with Gasteiger partial charge in [-0.1, -0.05) is 30.3 Å². The van der Waals surface area contributed by atoms with Crippen molar-refractivity contribution >= 4 is 5.97 Å². The van der Waals surface area contributed by atoms with Crippen LogP contribution in [0.5, 0.6) is 11.5 Å². The lowest BCUT2D eigenvalue weighted by atomic mass is 9.74. The van der Waals surface area contributed by atoms with E-state index in [1.54, 1.807) is 18.2 Å². The smallest absolute Gasteiger partial charge is 0.336 e. The summed E-state index contributed by atoms with van der Waals surface area (Å²) in [6.07, 6.45) is 1.81. The van der Waals surface area contributed by atoms with Crippen molar-refractivity contribution < 1.29 is 24.5 Å². The molecule has 3 heterocycles. The van der Waals surface area contributed by atoms with E-state index in [9.17, 15) is 15.0 Å². The van der Waals surface area contributed by atoms with Crippen molar-refractivity contribution in [3.63, 3.8) is 0 Å². The van der Waals surface area contributed by atoms with E-state index in [1.807, 2.05) is 24.3 Å². The standard InChI is InChI=1S/C24H27NO5/c1-24(2)17-12-18-20(29-21(17)16-8-5-9-19(26)22(16)30-24)10-11-25(18)13-14-6-3-4-7-15(14)23(27)28/h3-9,17-18,20-21,26H,10-13H2,1-2H3,(H,27,28)/t17-,18+,20-,21+/m0/s1. The van der Waals surface area contributed by atoms with Crippen LogP contribution in [0.3, 0.4) is 0 Å². The van der Waals surface area contributed by atoms with Crippen molar-refractivity contribution in [1.29, 1.82) is 0 Å². The van der Waals surface area contributed by atoms with Crippen molar-refractivity contribution in [2.24, 2.45) is 5.92 Å². The number of aromatic carboxylic acids is 1. The Kier molecular flexibility index (Phi) is 4.52. The van der Waals surface area contributed by atoms with Crippen LogP contribution in [0.2, 0.25) is 0 Å². The van der Waals surface area contributed by atoms with E-state index in [0.29, 0.717) is 17.9 Å². The number of benzene rings is 2. The molecule has 0 bridgehead atoms. The Labute approximate surface area is 176 Å². The highest BCUT2D eigenvalue weighted by molar-refractivity contribution is 5.89. The number of nitrogens with zero attached hydrogens (tertiary/aromatic N) is 1. The number of para-hydroxylation sites is 1. The van der Waals surface area contributed by atoms with Gasteiger partial charge in [0.25, 0.3) is 0 Å². The van der Waals surface area contributed by atoms with Gasteiger partial charge in [0.1, 0.15) is 5.60 Å². The quantitative estimate of drug-likeness (QED) is 0.798. The number of aromatic hydroxyl groups is 1. The minimum atomic E-state index is -0.889. The predicted octanol–water partition coefficient (Wildman–Crippen LogP) is 3.98. The number of fused-ring (bicyclic) bond motifs is 4. The van der Waals surface area contributed by atoms with E-state index >= 15 is 0 Å². The third-order valence-electron chi connectivity index (χ3n) is 6.99. The zero-order chi connectivity index (χ0) is 21.0. The fourth-order valence-electron chi connectivity index (χ4n) is 5.45. The zero-order valence-electron chi connectivity index (χ0n) is 17.2. The van der Waals surface area contributed by atoms with E-state index in [4.69, 9.17) is 9.47 Å². The lowest BCUT2D eigenvalue weighted by Crippen LogP contribution is -2.53. The van der Waals surface area contributed by atoms with Crippen LogP contribution in [0.4, 0.5) is 0 Å². The van der Waals surface area contributed by atoms with Gasteiger partial charge >= 0.3 is 5.97 Å². The SMILES string of the molecule is CC1(C)Oc2c(O)cccc2[C@H]2O[C@H]3CCN(Cc4ccccc4C(=O)O)[C@@H]3C[C@@H]21. The van der Waals surface area contributed by atoms with Crippen LogP contribution in [0.1, 0.15) is 54.3 Å². The van der Waals surface area contributed by atoms with Crippen molar-refractivity contribution in [2.45, 2.75) is 57.1 Å². The molecular weight excluding hydrogens is 382 g/mol. The van der Waals surface area contributed by atoms with Crippen LogP contribution < -0.4 is 4.74 Å². The second-order valence-corrected chi connectivity index (χ2v) is 9.13. The molecule has 6 nitrogen and oxygen atoms in total. The van der Waals surface area contributed by atoms with Gasteiger partial charge in [-0.2, -0.15) is 0 Å². The summed E-state index contributed by atoms with van der Waals surface area (Å²) in [6, 6.07) is 12.9. The molecule has 3 aliphatic heterocycles. The Hall–Kier alpha value is -2.57. The third kappa shape index (κ3) is 3.06. The van der Waals surface area contributed by atoms with Crippen LogP contribution >= 0.6 is 0 Å². The molecule has 0 spiro atoms. The summed E-state index contributed by atoms with van der Waals surface area (Å²) in [6.45, 7) is 5.59.